The number of carboxylic acids is 2. The molecule has 3 atom stereocenters. The van der Waals surface area contributed by atoms with E-state index in [4.69, 9.17) is 27.1 Å². The summed E-state index contributed by atoms with van der Waals surface area (Å²) in [4.78, 5) is 63.8. The number of fused-ring (bicyclic) bond motifs is 1. The molecule has 0 aromatic carbocycles. The number of nitrogens with one attached hydrogen (secondary N) is 1. The Hall–Kier alpha value is -4.10. The monoisotopic (exact) mass is 623 g/mol. The molecular formula is C22H25N9O7S3. The zero-order valence-corrected chi connectivity index (χ0v) is 24.0. The lowest BCUT2D eigenvalue weighted by Gasteiger charge is -2.50. The van der Waals surface area contributed by atoms with Gasteiger partial charge >= 0.3 is 11.1 Å². The van der Waals surface area contributed by atoms with Crippen molar-refractivity contribution in [3.05, 3.63) is 28.5 Å². The van der Waals surface area contributed by atoms with Crippen LogP contribution in [0.4, 0.5) is 16.6 Å². The first-order valence-corrected chi connectivity index (χ1v) is 14.7. The fraction of sp³-hybridized carbons (Fsp3) is 0.364. The molecule has 2 unspecified atom stereocenters. The summed E-state index contributed by atoms with van der Waals surface area (Å²) < 4.78 is 1.65. The third-order valence-electron chi connectivity index (χ3n) is 5.81. The first-order valence-electron chi connectivity index (χ1n) is 11.8. The van der Waals surface area contributed by atoms with Crippen molar-refractivity contribution in [2.45, 2.75) is 36.0 Å². The number of hydrogen-bond acceptors (Lipinski definition) is 15. The van der Waals surface area contributed by atoms with Crippen molar-refractivity contribution in [1.29, 1.82) is 0 Å². The summed E-state index contributed by atoms with van der Waals surface area (Å²) in [5.41, 5.74) is 17.4. The van der Waals surface area contributed by atoms with Gasteiger partial charge in [-0.3, -0.25) is 19.3 Å². The molecule has 0 radical (unpaired) electrons. The SMILES string of the molecule is CC(CC(=O)O)O/N=C(\C(=O)NC1C(=O)N2C(C(=O)[O-])=C(CSc3nc(N)c(N)c[n+]3C)CS[C@H]12)c1csc(N)n1. The highest BCUT2D eigenvalue weighted by atomic mass is 32.2. The number of nitrogen functional groups attached to an aromatic ring is 3. The van der Waals surface area contributed by atoms with E-state index in [1.54, 1.807) is 17.8 Å². The summed E-state index contributed by atoms with van der Waals surface area (Å²) in [5.74, 6) is -3.58. The van der Waals surface area contributed by atoms with Crippen LogP contribution in [0.25, 0.3) is 0 Å². The Balaban J connectivity index is 1.50. The van der Waals surface area contributed by atoms with Gasteiger partial charge in [-0.2, -0.15) is 0 Å². The van der Waals surface area contributed by atoms with Gasteiger partial charge in [0.2, 0.25) is 0 Å². The summed E-state index contributed by atoms with van der Waals surface area (Å²) in [7, 11) is 1.71. The van der Waals surface area contributed by atoms with Gasteiger partial charge in [-0.15, -0.1) is 23.1 Å². The summed E-state index contributed by atoms with van der Waals surface area (Å²) in [5, 5.41) is 28.7. The number of thiazole rings is 1. The molecule has 0 spiro atoms. The second-order valence-electron chi connectivity index (χ2n) is 8.89. The molecule has 8 N–H and O–H groups in total. The number of hydrogen-bond donors (Lipinski definition) is 5. The third kappa shape index (κ3) is 6.46. The summed E-state index contributed by atoms with van der Waals surface area (Å²) >= 11 is 3.52. The van der Waals surface area contributed by atoms with Crippen molar-refractivity contribution in [2.75, 3.05) is 28.7 Å². The molecule has 2 amide bonds. The number of aryl methyl sites for hydroxylation is 1. The Morgan fingerprint density at radius 3 is 2.73 bits per heavy atom. The van der Waals surface area contributed by atoms with Crippen LogP contribution in [-0.2, 0) is 31.1 Å². The minimum absolute atomic E-state index is 0.0622. The van der Waals surface area contributed by atoms with Crippen LogP contribution < -0.4 is 32.2 Å². The summed E-state index contributed by atoms with van der Waals surface area (Å²) in [6, 6.07) is -1.08. The van der Waals surface area contributed by atoms with Gasteiger partial charge in [0, 0.05) is 16.9 Å². The van der Waals surface area contributed by atoms with Crippen molar-refractivity contribution in [2.24, 2.45) is 12.2 Å². The average Bonchev–Trinajstić information content (AvgIpc) is 3.33. The Kier molecular flexibility index (Phi) is 8.88. The van der Waals surface area contributed by atoms with Gasteiger partial charge in [-0.1, -0.05) is 5.16 Å². The third-order valence-corrected chi connectivity index (χ3v) is 8.96. The number of nitrogens with two attached hydrogens (primary N) is 3. The van der Waals surface area contributed by atoms with E-state index in [1.165, 1.54) is 35.8 Å². The van der Waals surface area contributed by atoms with E-state index in [0.29, 0.717) is 16.4 Å². The van der Waals surface area contributed by atoms with Gasteiger partial charge in [0.1, 0.15) is 35.1 Å². The average molecular weight is 624 g/mol. The number of carbonyl (C=O) groups is 4. The molecule has 4 heterocycles. The van der Waals surface area contributed by atoms with Crippen LogP contribution in [0.2, 0.25) is 0 Å². The number of nitrogens with zero attached hydrogens (tertiary/aromatic N) is 5. The van der Waals surface area contributed by atoms with Crippen molar-refractivity contribution < 1.29 is 38.8 Å². The minimum Gasteiger partial charge on any atom is -0.543 e. The number of carboxylic acid groups (broad SMARTS) is 2. The Morgan fingerprint density at radius 1 is 1.37 bits per heavy atom. The molecule has 0 aliphatic carbocycles. The van der Waals surface area contributed by atoms with Gasteiger partial charge in [-0.05, 0) is 29.2 Å². The molecule has 0 bridgehead atoms. The first-order chi connectivity index (χ1) is 19.4. The van der Waals surface area contributed by atoms with Crippen LogP contribution >= 0.6 is 34.9 Å². The van der Waals surface area contributed by atoms with Crippen molar-refractivity contribution >= 4 is 81.0 Å². The highest BCUT2D eigenvalue weighted by Crippen LogP contribution is 2.41. The second-order valence-corrected chi connectivity index (χ2v) is 11.8. The molecule has 4 rings (SSSR count). The van der Waals surface area contributed by atoms with E-state index in [2.05, 4.69) is 20.4 Å². The lowest BCUT2D eigenvalue weighted by molar-refractivity contribution is -0.712. The number of β-lactam (4-membered cyclic amide) rings is 1. The number of anilines is 3. The molecule has 1 fully saturated rings. The highest BCUT2D eigenvalue weighted by molar-refractivity contribution is 8.01. The number of rotatable bonds is 11. The normalized spacial score (nSPS) is 19.3. The van der Waals surface area contributed by atoms with Crippen LogP contribution in [0.5, 0.6) is 0 Å². The van der Waals surface area contributed by atoms with Crippen LogP contribution in [0.15, 0.2) is 33.2 Å². The van der Waals surface area contributed by atoms with Crippen LogP contribution in [0.3, 0.4) is 0 Å². The van der Waals surface area contributed by atoms with Gasteiger partial charge in [-0.25, -0.2) is 9.55 Å². The molecule has 2 aliphatic rings. The van der Waals surface area contributed by atoms with E-state index in [0.717, 1.165) is 16.2 Å². The molecule has 2 aromatic heterocycles. The lowest BCUT2D eigenvalue weighted by atomic mass is 10.0. The van der Waals surface area contributed by atoms with Crippen LogP contribution in [0, 0.1) is 0 Å². The molecule has 16 nitrogen and oxygen atoms in total. The van der Waals surface area contributed by atoms with E-state index in [1.807, 2.05) is 0 Å². The predicted octanol–water partition coefficient (Wildman–Crippen LogP) is -2.11. The van der Waals surface area contributed by atoms with Crippen molar-refractivity contribution in [3.8, 4) is 0 Å². The summed E-state index contributed by atoms with van der Waals surface area (Å²) in [6.45, 7) is 1.45. The molecule has 218 valence electrons. The van der Waals surface area contributed by atoms with Crippen LogP contribution in [0.1, 0.15) is 19.0 Å². The number of carbonyl (C=O) groups excluding carboxylic acids is 3. The first kappa shape index (κ1) is 29.9. The number of aromatic nitrogens is 3. The topological polar surface area (TPSA) is 256 Å². The molecule has 2 aromatic rings. The molecule has 1 saturated heterocycles. The Labute approximate surface area is 245 Å². The molecule has 0 saturated carbocycles. The Morgan fingerprint density at radius 2 is 2.10 bits per heavy atom. The number of thioether (sulfide) groups is 2. The number of oxime groups is 1. The van der Waals surface area contributed by atoms with E-state index in [9.17, 15) is 24.3 Å². The number of aliphatic carboxylic acids is 2. The predicted molar refractivity (Wildman–Crippen MR) is 148 cm³/mol. The molecule has 19 heteroatoms. The van der Waals surface area contributed by atoms with E-state index in [-0.39, 0.29) is 46.0 Å². The summed E-state index contributed by atoms with van der Waals surface area (Å²) in [6.07, 6.45) is 0.354. The maximum absolute atomic E-state index is 13.2. The van der Waals surface area contributed by atoms with Crippen molar-refractivity contribution in [3.63, 3.8) is 0 Å². The molecule has 41 heavy (non-hydrogen) atoms. The smallest absolute Gasteiger partial charge is 0.361 e. The van der Waals surface area contributed by atoms with Gasteiger partial charge in [0.05, 0.1) is 25.1 Å². The fourth-order valence-electron chi connectivity index (χ4n) is 3.88. The van der Waals surface area contributed by atoms with Gasteiger partial charge in [0.25, 0.3) is 17.6 Å². The van der Waals surface area contributed by atoms with E-state index >= 15 is 0 Å². The minimum atomic E-state index is -1.53. The second kappa shape index (κ2) is 12.2. The standard InChI is InChI=1S/C22H25N9O7S3/c1-8(3-12(32)33)38-29-13(11-7-40-21(25)26-11)17(34)27-14-18(35)31-15(20(36)37)9(5-39-19(14)31)6-41-22-28-16(24)10(23)4-30(22)2/h4,7-8,14,19,24H,3,5-6,23H2,1-2H3,(H5,25,26,27,32,33,34,36,37)/b29-13-/t8?,14?,19-/m1/s1. The van der Waals surface area contributed by atoms with Crippen molar-refractivity contribution in [1.82, 2.24) is 20.2 Å². The van der Waals surface area contributed by atoms with Gasteiger partial charge in [0.15, 0.2) is 10.8 Å². The highest BCUT2D eigenvalue weighted by Gasteiger charge is 2.53. The quantitative estimate of drug-likeness (QED) is 0.0448. The number of amides is 2. The van der Waals surface area contributed by atoms with Crippen LogP contribution in [-0.4, -0.2) is 78.5 Å². The molecular weight excluding hydrogens is 598 g/mol. The zero-order chi connectivity index (χ0) is 30.0. The van der Waals surface area contributed by atoms with E-state index < -0.39 is 41.3 Å². The van der Waals surface area contributed by atoms with Gasteiger partial charge < -0.3 is 42.4 Å². The largest absolute Gasteiger partial charge is 0.543 e. The lowest BCUT2D eigenvalue weighted by Crippen LogP contribution is -2.71. The fourth-order valence-corrected chi connectivity index (χ4v) is 6.87. The zero-order valence-electron chi connectivity index (χ0n) is 21.6. The molecule has 2 aliphatic heterocycles. The Bertz CT molecular complexity index is 1480. The maximum Gasteiger partial charge on any atom is 0.361 e. The maximum atomic E-state index is 13.2.